The Morgan fingerprint density at radius 1 is 1.22 bits per heavy atom. The zero-order chi connectivity index (χ0) is 13.8. The lowest BCUT2D eigenvalue weighted by Gasteiger charge is -2.19. The predicted molar refractivity (Wildman–Crippen MR) is 67.9 cm³/mol. The van der Waals surface area contributed by atoms with Crippen molar-refractivity contribution >= 4 is 16.0 Å². The molecule has 0 bridgehead atoms. The van der Waals surface area contributed by atoms with Gasteiger partial charge in [-0.3, -0.25) is 0 Å². The van der Waals surface area contributed by atoms with Crippen molar-refractivity contribution in [3.05, 3.63) is 29.8 Å². The van der Waals surface area contributed by atoms with Crippen LogP contribution in [0.4, 0.5) is 0 Å². The number of carbonyl (C=O) groups is 1. The molecular formula is C12H17NO4S. The van der Waals surface area contributed by atoms with E-state index in [2.05, 4.69) is 4.74 Å². The maximum Gasteiger partial charge on any atom is 0.339 e. The highest BCUT2D eigenvalue weighted by atomic mass is 32.2. The van der Waals surface area contributed by atoms with Crippen molar-refractivity contribution in [1.29, 1.82) is 0 Å². The van der Waals surface area contributed by atoms with Crippen LogP contribution in [0.15, 0.2) is 29.2 Å². The molecular weight excluding hydrogens is 254 g/mol. The lowest BCUT2D eigenvalue weighted by atomic mass is 10.2. The first-order valence-corrected chi connectivity index (χ1v) is 7.10. The smallest absolute Gasteiger partial charge is 0.339 e. The van der Waals surface area contributed by atoms with Gasteiger partial charge in [0.2, 0.25) is 10.0 Å². The summed E-state index contributed by atoms with van der Waals surface area (Å²) in [4.78, 5) is 11.6. The molecule has 0 aromatic heterocycles. The SMILES string of the molecule is CCN(CC)S(=O)(=O)c1ccccc1C(=O)OC. The third-order valence-electron chi connectivity index (χ3n) is 2.62. The van der Waals surface area contributed by atoms with Crippen molar-refractivity contribution in [2.75, 3.05) is 20.2 Å². The van der Waals surface area contributed by atoms with E-state index >= 15 is 0 Å². The second-order valence-corrected chi connectivity index (χ2v) is 5.48. The first-order chi connectivity index (χ1) is 8.48. The van der Waals surface area contributed by atoms with Gasteiger partial charge in [0.15, 0.2) is 0 Å². The molecule has 0 aliphatic rings. The summed E-state index contributed by atoms with van der Waals surface area (Å²) < 4.78 is 30.6. The molecule has 0 atom stereocenters. The van der Waals surface area contributed by atoms with E-state index in [1.807, 2.05) is 0 Å². The fourth-order valence-electron chi connectivity index (χ4n) is 1.67. The molecule has 0 amide bonds. The predicted octanol–water partition coefficient (Wildman–Crippen LogP) is 1.50. The van der Waals surface area contributed by atoms with Gasteiger partial charge in [-0.05, 0) is 12.1 Å². The number of hydrogen-bond acceptors (Lipinski definition) is 4. The molecule has 0 unspecified atom stereocenters. The van der Waals surface area contributed by atoms with Gasteiger partial charge in [-0.15, -0.1) is 0 Å². The molecule has 5 nitrogen and oxygen atoms in total. The number of rotatable bonds is 5. The molecule has 0 saturated carbocycles. The van der Waals surface area contributed by atoms with Crippen molar-refractivity contribution in [3.8, 4) is 0 Å². The van der Waals surface area contributed by atoms with Crippen LogP contribution in [0.3, 0.4) is 0 Å². The molecule has 18 heavy (non-hydrogen) atoms. The molecule has 1 aromatic carbocycles. The summed E-state index contributed by atoms with van der Waals surface area (Å²) in [6.07, 6.45) is 0. The van der Waals surface area contributed by atoms with E-state index < -0.39 is 16.0 Å². The van der Waals surface area contributed by atoms with E-state index in [-0.39, 0.29) is 10.5 Å². The van der Waals surface area contributed by atoms with Crippen LogP contribution in [0.2, 0.25) is 0 Å². The first-order valence-electron chi connectivity index (χ1n) is 5.66. The summed E-state index contributed by atoms with van der Waals surface area (Å²) in [5.41, 5.74) is 0.0619. The summed E-state index contributed by atoms with van der Waals surface area (Å²) in [5.74, 6) is -0.652. The topological polar surface area (TPSA) is 63.7 Å². The second-order valence-electron chi connectivity index (χ2n) is 3.58. The molecule has 1 rings (SSSR count). The Hall–Kier alpha value is -1.40. The lowest BCUT2D eigenvalue weighted by molar-refractivity contribution is 0.0596. The van der Waals surface area contributed by atoms with Gasteiger partial charge in [0.25, 0.3) is 0 Å². The minimum Gasteiger partial charge on any atom is -0.465 e. The van der Waals surface area contributed by atoms with Gasteiger partial charge in [-0.25, -0.2) is 13.2 Å². The van der Waals surface area contributed by atoms with Gasteiger partial charge in [0.05, 0.1) is 17.6 Å². The third kappa shape index (κ3) is 2.70. The normalized spacial score (nSPS) is 11.6. The molecule has 0 heterocycles. The third-order valence-corrected chi connectivity index (χ3v) is 4.72. The number of carbonyl (C=O) groups excluding carboxylic acids is 1. The number of esters is 1. The highest BCUT2D eigenvalue weighted by Crippen LogP contribution is 2.20. The summed E-state index contributed by atoms with van der Waals surface area (Å²) in [7, 11) is -2.43. The quantitative estimate of drug-likeness (QED) is 0.761. The van der Waals surface area contributed by atoms with Gasteiger partial charge in [-0.2, -0.15) is 4.31 Å². The first kappa shape index (κ1) is 14.7. The van der Waals surface area contributed by atoms with Crippen LogP contribution in [-0.4, -0.2) is 38.9 Å². The van der Waals surface area contributed by atoms with Crippen molar-refractivity contribution in [2.24, 2.45) is 0 Å². The van der Waals surface area contributed by atoms with E-state index in [1.54, 1.807) is 26.0 Å². The van der Waals surface area contributed by atoms with Crippen LogP contribution < -0.4 is 0 Å². The average Bonchev–Trinajstić information content (AvgIpc) is 2.39. The molecule has 0 aliphatic carbocycles. The minimum atomic E-state index is -3.65. The van der Waals surface area contributed by atoms with Gasteiger partial charge in [0, 0.05) is 13.1 Å². The van der Waals surface area contributed by atoms with Crippen LogP contribution in [-0.2, 0) is 14.8 Å². The zero-order valence-electron chi connectivity index (χ0n) is 10.7. The molecule has 0 saturated heterocycles. The average molecular weight is 271 g/mol. The Balaban J connectivity index is 3.37. The fraction of sp³-hybridized carbons (Fsp3) is 0.417. The van der Waals surface area contributed by atoms with Gasteiger partial charge < -0.3 is 4.74 Å². The largest absolute Gasteiger partial charge is 0.465 e. The summed E-state index contributed by atoms with van der Waals surface area (Å²) in [6.45, 7) is 4.21. The molecule has 0 fully saturated rings. The highest BCUT2D eigenvalue weighted by molar-refractivity contribution is 7.89. The van der Waals surface area contributed by atoms with Gasteiger partial charge in [0.1, 0.15) is 0 Å². The van der Waals surface area contributed by atoms with E-state index in [0.717, 1.165) is 0 Å². The zero-order valence-corrected chi connectivity index (χ0v) is 11.5. The molecule has 1 aromatic rings. The second kappa shape index (κ2) is 5.97. The molecule has 0 aliphatic heterocycles. The van der Waals surface area contributed by atoms with Crippen LogP contribution in [0.25, 0.3) is 0 Å². The number of hydrogen-bond donors (Lipinski definition) is 0. The molecule has 0 radical (unpaired) electrons. The Kier molecular flexibility index (Phi) is 4.86. The number of nitrogens with zero attached hydrogens (tertiary/aromatic N) is 1. The number of methoxy groups -OCH3 is 1. The lowest BCUT2D eigenvalue weighted by Crippen LogP contribution is -2.31. The Morgan fingerprint density at radius 2 is 1.78 bits per heavy atom. The van der Waals surface area contributed by atoms with Crippen LogP contribution in [0.5, 0.6) is 0 Å². The number of sulfonamides is 1. The van der Waals surface area contributed by atoms with Gasteiger partial charge >= 0.3 is 5.97 Å². The Labute approximate surface area is 107 Å². The molecule has 0 spiro atoms. The number of benzene rings is 1. The van der Waals surface area contributed by atoms with Gasteiger partial charge in [-0.1, -0.05) is 26.0 Å². The van der Waals surface area contributed by atoms with Crippen LogP contribution >= 0.6 is 0 Å². The maximum absolute atomic E-state index is 12.4. The summed E-state index contributed by atoms with van der Waals surface area (Å²) in [5, 5.41) is 0. The fourth-order valence-corrected chi connectivity index (χ4v) is 3.31. The molecule has 100 valence electrons. The standard InChI is InChI=1S/C12H17NO4S/c1-4-13(5-2)18(15,16)11-9-7-6-8-10(11)12(14)17-3/h6-9H,4-5H2,1-3H3. The van der Waals surface area contributed by atoms with E-state index in [0.29, 0.717) is 13.1 Å². The van der Waals surface area contributed by atoms with Crippen molar-refractivity contribution in [2.45, 2.75) is 18.7 Å². The van der Waals surface area contributed by atoms with Crippen molar-refractivity contribution < 1.29 is 17.9 Å². The summed E-state index contributed by atoms with van der Waals surface area (Å²) >= 11 is 0. The van der Waals surface area contributed by atoms with Crippen molar-refractivity contribution in [1.82, 2.24) is 4.31 Å². The Bertz CT molecular complexity index is 521. The summed E-state index contributed by atoms with van der Waals surface area (Å²) in [6, 6.07) is 6.05. The number of ether oxygens (including phenoxy) is 1. The Morgan fingerprint density at radius 3 is 2.28 bits per heavy atom. The van der Waals surface area contributed by atoms with E-state index in [4.69, 9.17) is 0 Å². The monoisotopic (exact) mass is 271 g/mol. The maximum atomic E-state index is 12.4. The van der Waals surface area contributed by atoms with E-state index in [9.17, 15) is 13.2 Å². The van der Waals surface area contributed by atoms with E-state index in [1.165, 1.54) is 23.5 Å². The van der Waals surface area contributed by atoms with Crippen molar-refractivity contribution in [3.63, 3.8) is 0 Å². The molecule has 6 heteroatoms. The molecule has 0 N–H and O–H groups in total. The van der Waals surface area contributed by atoms with Crippen LogP contribution in [0, 0.1) is 0 Å². The highest BCUT2D eigenvalue weighted by Gasteiger charge is 2.27. The van der Waals surface area contributed by atoms with Crippen LogP contribution in [0.1, 0.15) is 24.2 Å². The minimum absolute atomic E-state index is 0.0134.